The van der Waals surface area contributed by atoms with Gasteiger partial charge in [-0.25, -0.2) is 4.98 Å². The zero-order valence-corrected chi connectivity index (χ0v) is 15.4. The summed E-state index contributed by atoms with van der Waals surface area (Å²) < 4.78 is 0. The molecule has 6 nitrogen and oxygen atoms in total. The van der Waals surface area contributed by atoms with Crippen molar-refractivity contribution in [2.24, 2.45) is 0 Å². The number of likely N-dealkylation sites (N-methyl/N-ethyl adjacent to an activating group) is 1. The summed E-state index contributed by atoms with van der Waals surface area (Å²) >= 11 is 0. The average molecular weight is 340 g/mol. The van der Waals surface area contributed by atoms with E-state index in [9.17, 15) is 0 Å². The summed E-state index contributed by atoms with van der Waals surface area (Å²) in [6, 6.07) is 10.4. The number of anilines is 4. The van der Waals surface area contributed by atoms with E-state index in [1.54, 1.807) is 0 Å². The van der Waals surface area contributed by atoms with Crippen molar-refractivity contribution in [3.05, 3.63) is 36.5 Å². The first-order chi connectivity index (χ1) is 12.2. The molecule has 0 spiro atoms. The molecule has 0 bridgehead atoms. The molecule has 134 valence electrons. The summed E-state index contributed by atoms with van der Waals surface area (Å²) in [4.78, 5) is 16.0. The maximum Gasteiger partial charge on any atom is 0.227 e. The summed E-state index contributed by atoms with van der Waals surface area (Å²) in [7, 11) is 2.15. The Kier molecular flexibility index (Phi) is 5.71. The third kappa shape index (κ3) is 4.39. The predicted molar refractivity (Wildman–Crippen MR) is 105 cm³/mol. The Morgan fingerprint density at radius 2 is 1.68 bits per heavy atom. The predicted octanol–water partition coefficient (Wildman–Crippen LogP) is 2.82. The average Bonchev–Trinajstić information content (AvgIpc) is 2.65. The van der Waals surface area contributed by atoms with Crippen molar-refractivity contribution >= 4 is 23.1 Å². The Morgan fingerprint density at radius 1 is 1.00 bits per heavy atom. The number of hydrogen-bond donors (Lipinski definition) is 1. The van der Waals surface area contributed by atoms with Crippen LogP contribution in [0.4, 0.5) is 23.1 Å². The second-order valence-electron chi connectivity index (χ2n) is 6.38. The fourth-order valence-corrected chi connectivity index (χ4v) is 3.07. The SMILES string of the molecule is CCN(CC)c1ccc(Nc2ccnc(N3CCN(C)CC3)n2)cc1. The third-order valence-corrected chi connectivity index (χ3v) is 4.70. The van der Waals surface area contributed by atoms with Crippen LogP contribution < -0.4 is 15.1 Å². The van der Waals surface area contributed by atoms with Crippen LogP contribution in [0, 0.1) is 0 Å². The molecule has 0 unspecified atom stereocenters. The van der Waals surface area contributed by atoms with Crippen LogP contribution in [-0.4, -0.2) is 61.2 Å². The molecule has 0 saturated carbocycles. The lowest BCUT2D eigenvalue weighted by Gasteiger charge is -2.32. The minimum absolute atomic E-state index is 0.804. The van der Waals surface area contributed by atoms with Crippen molar-refractivity contribution in [1.82, 2.24) is 14.9 Å². The van der Waals surface area contributed by atoms with Crippen LogP contribution in [0.3, 0.4) is 0 Å². The topological polar surface area (TPSA) is 47.5 Å². The molecule has 0 amide bonds. The number of aromatic nitrogens is 2. The second-order valence-corrected chi connectivity index (χ2v) is 6.38. The van der Waals surface area contributed by atoms with Gasteiger partial charge in [0.15, 0.2) is 0 Å². The van der Waals surface area contributed by atoms with Crippen molar-refractivity contribution in [3.8, 4) is 0 Å². The minimum Gasteiger partial charge on any atom is -0.372 e. The van der Waals surface area contributed by atoms with Gasteiger partial charge in [-0.05, 0) is 51.2 Å². The molecule has 6 heteroatoms. The van der Waals surface area contributed by atoms with E-state index in [-0.39, 0.29) is 0 Å². The van der Waals surface area contributed by atoms with Gasteiger partial charge in [-0.2, -0.15) is 4.98 Å². The van der Waals surface area contributed by atoms with Gasteiger partial charge in [0.05, 0.1) is 0 Å². The van der Waals surface area contributed by atoms with Gasteiger partial charge < -0.3 is 20.0 Å². The highest BCUT2D eigenvalue weighted by Gasteiger charge is 2.16. The monoisotopic (exact) mass is 340 g/mol. The smallest absolute Gasteiger partial charge is 0.227 e. The van der Waals surface area contributed by atoms with Crippen LogP contribution in [0.1, 0.15) is 13.8 Å². The molecule has 0 aliphatic carbocycles. The molecular formula is C19H28N6. The largest absolute Gasteiger partial charge is 0.372 e. The molecule has 1 aliphatic rings. The summed E-state index contributed by atoms with van der Waals surface area (Å²) in [5.74, 6) is 1.64. The lowest BCUT2D eigenvalue weighted by Crippen LogP contribution is -2.45. The summed E-state index contributed by atoms with van der Waals surface area (Å²) in [5, 5.41) is 3.39. The first-order valence-corrected chi connectivity index (χ1v) is 9.08. The Morgan fingerprint density at radius 3 is 2.32 bits per heavy atom. The number of hydrogen-bond acceptors (Lipinski definition) is 6. The van der Waals surface area contributed by atoms with Crippen molar-refractivity contribution < 1.29 is 0 Å². The van der Waals surface area contributed by atoms with Crippen molar-refractivity contribution in [1.29, 1.82) is 0 Å². The van der Waals surface area contributed by atoms with Gasteiger partial charge in [-0.3, -0.25) is 0 Å². The lowest BCUT2D eigenvalue weighted by molar-refractivity contribution is 0.311. The van der Waals surface area contributed by atoms with Gasteiger partial charge in [0.25, 0.3) is 0 Å². The van der Waals surface area contributed by atoms with Gasteiger partial charge >= 0.3 is 0 Å². The highest BCUT2D eigenvalue weighted by atomic mass is 15.3. The fourth-order valence-electron chi connectivity index (χ4n) is 3.07. The molecule has 0 atom stereocenters. The molecule has 1 aromatic carbocycles. The van der Waals surface area contributed by atoms with Crippen molar-refractivity contribution in [3.63, 3.8) is 0 Å². The van der Waals surface area contributed by atoms with Crippen molar-refractivity contribution in [2.45, 2.75) is 13.8 Å². The van der Waals surface area contributed by atoms with Gasteiger partial charge in [0.2, 0.25) is 5.95 Å². The van der Waals surface area contributed by atoms with E-state index < -0.39 is 0 Å². The zero-order chi connectivity index (χ0) is 17.6. The van der Waals surface area contributed by atoms with Crippen LogP contribution in [0.5, 0.6) is 0 Å². The molecular weight excluding hydrogens is 312 g/mol. The molecule has 1 N–H and O–H groups in total. The Hall–Kier alpha value is -2.34. The minimum atomic E-state index is 0.804. The van der Waals surface area contributed by atoms with E-state index in [0.29, 0.717) is 0 Å². The van der Waals surface area contributed by atoms with E-state index >= 15 is 0 Å². The normalized spacial score (nSPS) is 15.2. The first kappa shape index (κ1) is 17.5. The molecule has 1 aromatic heterocycles. The second kappa shape index (κ2) is 8.16. The lowest BCUT2D eigenvalue weighted by atomic mass is 10.2. The maximum atomic E-state index is 4.68. The van der Waals surface area contributed by atoms with E-state index in [2.05, 4.69) is 75.1 Å². The van der Waals surface area contributed by atoms with E-state index in [1.807, 2.05) is 12.3 Å². The van der Waals surface area contributed by atoms with E-state index in [4.69, 9.17) is 0 Å². The quantitative estimate of drug-likeness (QED) is 0.872. The standard InChI is InChI=1S/C19H28N6/c1-4-24(5-2)17-8-6-16(7-9-17)21-18-10-11-20-19(22-18)25-14-12-23(3)13-15-25/h6-11H,4-5,12-15H2,1-3H3,(H,20,21,22). The Balaban J connectivity index is 1.67. The molecule has 1 saturated heterocycles. The zero-order valence-electron chi connectivity index (χ0n) is 15.4. The number of rotatable bonds is 6. The Bertz CT molecular complexity index is 660. The number of nitrogens with zero attached hydrogens (tertiary/aromatic N) is 5. The molecule has 0 radical (unpaired) electrons. The van der Waals surface area contributed by atoms with Crippen LogP contribution in [0.2, 0.25) is 0 Å². The molecule has 3 rings (SSSR count). The number of benzene rings is 1. The third-order valence-electron chi connectivity index (χ3n) is 4.70. The van der Waals surface area contributed by atoms with E-state index in [1.165, 1.54) is 5.69 Å². The fraction of sp³-hybridized carbons (Fsp3) is 0.474. The maximum absolute atomic E-state index is 4.68. The van der Waals surface area contributed by atoms with E-state index in [0.717, 1.165) is 56.7 Å². The molecule has 25 heavy (non-hydrogen) atoms. The first-order valence-electron chi connectivity index (χ1n) is 9.08. The van der Waals surface area contributed by atoms with Crippen LogP contribution in [0.15, 0.2) is 36.5 Å². The number of piperazine rings is 1. The summed E-state index contributed by atoms with van der Waals surface area (Å²) in [5.41, 5.74) is 2.29. The van der Waals surface area contributed by atoms with Crippen LogP contribution in [0.25, 0.3) is 0 Å². The van der Waals surface area contributed by atoms with Gasteiger partial charge in [0.1, 0.15) is 5.82 Å². The summed E-state index contributed by atoms with van der Waals surface area (Å²) in [6.07, 6.45) is 1.83. The highest BCUT2D eigenvalue weighted by molar-refractivity contribution is 5.61. The van der Waals surface area contributed by atoms with Crippen LogP contribution in [-0.2, 0) is 0 Å². The molecule has 1 fully saturated rings. The summed E-state index contributed by atoms with van der Waals surface area (Å²) in [6.45, 7) is 10.4. The number of nitrogens with one attached hydrogen (secondary N) is 1. The molecule has 1 aliphatic heterocycles. The molecule has 2 heterocycles. The molecule has 2 aromatic rings. The Labute approximate surface area is 150 Å². The van der Waals surface area contributed by atoms with Gasteiger partial charge in [0, 0.05) is 56.8 Å². The van der Waals surface area contributed by atoms with Crippen molar-refractivity contribution in [2.75, 3.05) is 61.4 Å². The highest BCUT2D eigenvalue weighted by Crippen LogP contribution is 2.21. The van der Waals surface area contributed by atoms with Gasteiger partial charge in [-0.1, -0.05) is 0 Å². The van der Waals surface area contributed by atoms with Crippen LogP contribution >= 0.6 is 0 Å². The van der Waals surface area contributed by atoms with Gasteiger partial charge in [-0.15, -0.1) is 0 Å².